The van der Waals surface area contributed by atoms with Crippen LogP contribution in [0.15, 0.2) is 39.5 Å². The molecular weight excluding hydrogens is 580 g/mol. The Balaban J connectivity index is 1.41. The van der Waals surface area contributed by atoms with E-state index in [4.69, 9.17) is 23.4 Å². The first-order valence-electron chi connectivity index (χ1n) is 13.0. The zero-order valence-electron chi connectivity index (χ0n) is 22.3. The highest BCUT2D eigenvalue weighted by atomic mass is 16.7. The van der Waals surface area contributed by atoms with Crippen LogP contribution in [0.2, 0.25) is 0 Å². The first kappa shape index (κ1) is 30.7. The summed E-state index contributed by atoms with van der Waals surface area (Å²) in [6.07, 6.45) is -15.8. The van der Waals surface area contributed by atoms with Crippen LogP contribution in [0.4, 0.5) is 0 Å². The largest absolute Gasteiger partial charge is 0.508 e. The summed E-state index contributed by atoms with van der Waals surface area (Å²) < 4.78 is 27.5. The standard InChI is InChI=1S/C27H30O16/c1-8-17(33)19(35)21(37)26(40-8)39-7-14(32)24-20(36)22(38)27(42-24)43-25-18(34)16-13(31)5-10(28)6-15(16)41-23(25)9-2-3-11(29)12(30)4-9/h2-6,8,14,17,19-22,24,26-33,35-38H,7H2,1H3/t8-,14-,17-,19+,20+,21+,22+,24-,26+,27+/m1/s1. The minimum atomic E-state index is -1.86. The molecule has 0 amide bonds. The van der Waals surface area contributed by atoms with Crippen LogP contribution in [0.1, 0.15) is 6.92 Å². The summed E-state index contributed by atoms with van der Waals surface area (Å²) in [4.78, 5) is 13.5. The molecule has 16 heteroatoms. The first-order valence-corrected chi connectivity index (χ1v) is 13.0. The fourth-order valence-corrected chi connectivity index (χ4v) is 4.87. The minimum Gasteiger partial charge on any atom is -0.508 e. The molecule has 2 aromatic carbocycles. The normalized spacial score (nSPS) is 31.7. The fraction of sp³-hybridized carbons (Fsp3) is 0.444. The van der Waals surface area contributed by atoms with Crippen molar-refractivity contribution in [3.05, 3.63) is 40.6 Å². The number of phenolic OH excluding ortho intramolecular Hbond substituents is 4. The highest BCUT2D eigenvalue weighted by Gasteiger charge is 2.49. The Morgan fingerprint density at radius 2 is 1.51 bits per heavy atom. The molecule has 2 aliphatic rings. The van der Waals surface area contributed by atoms with Gasteiger partial charge in [0.15, 0.2) is 23.5 Å². The van der Waals surface area contributed by atoms with Gasteiger partial charge in [-0.05, 0) is 25.1 Å². The second-order valence-corrected chi connectivity index (χ2v) is 10.3. The molecule has 3 heterocycles. The second-order valence-electron chi connectivity index (χ2n) is 10.3. The van der Waals surface area contributed by atoms with Gasteiger partial charge in [0.05, 0.1) is 12.7 Å². The number of ether oxygens (including phenoxy) is 4. The van der Waals surface area contributed by atoms with E-state index in [9.17, 15) is 55.9 Å². The third kappa shape index (κ3) is 5.67. The van der Waals surface area contributed by atoms with Gasteiger partial charge < -0.3 is 74.4 Å². The van der Waals surface area contributed by atoms with Crippen molar-refractivity contribution < 1.29 is 74.4 Å². The lowest BCUT2D eigenvalue weighted by atomic mass is 10.00. The van der Waals surface area contributed by atoms with Crippen LogP contribution in [0, 0.1) is 0 Å². The lowest BCUT2D eigenvalue weighted by molar-refractivity contribution is -0.299. The number of aliphatic hydroxyl groups is 6. The molecule has 0 radical (unpaired) electrons. The number of fused-ring (bicyclic) bond motifs is 1. The van der Waals surface area contributed by atoms with E-state index >= 15 is 0 Å². The molecule has 10 atom stereocenters. The van der Waals surface area contributed by atoms with Crippen LogP contribution in [0.3, 0.4) is 0 Å². The van der Waals surface area contributed by atoms with Crippen LogP contribution in [0.5, 0.6) is 28.7 Å². The number of phenols is 4. The highest BCUT2D eigenvalue weighted by molar-refractivity contribution is 5.88. The van der Waals surface area contributed by atoms with Crippen LogP contribution in [-0.4, -0.2) is 119 Å². The quantitative estimate of drug-likeness (QED) is 0.134. The highest BCUT2D eigenvalue weighted by Crippen LogP contribution is 2.39. The predicted molar refractivity (Wildman–Crippen MR) is 140 cm³/mol. The molecule has 0 saturated carbocycles. The summed E-state index contributed by atoms with van der Waals surface area (Å²) in [6, 6.07) is 5.27. The smallest absolute Gasteiger partial charge is 0.239 e. The molecular formula is C27H30O16. The van der Waals surface area contributed by atoms with Crippen molar-refractivity contribution in [3.63, 3.8) is 0 Å². The summed E-state index contributed by atoms with van der Waals surface area (Å²) in [6.45, 7) is 0.778. The van der Waals surface area contributed by atoms with Crippen LogP contribution in [-0.2, 0) is 14.2 Å². The minimum absolute atomic E-state index is 0.0160. The number of aliphatic hydroxyl groups excluding tert-OH is 6. The summed E-state index contributed by atoms with van der Waals surface area (Å²) in [5.74, 6) is -3.25. The van der Waals surface area contributed by atoms with Gasteiger partial charge in [0.25, 0.3) is 0 Å². The van der Waals surface area contributed by atoms with Gasteiger partial charge in [0.1, 0.15) is 65.2 Å². The molecule has 16 nitrogen and oxygen atoms in total. The van der Waals surface area contributed by atoms with Gasteiger partial charge >= 0.3 is 0 Å². The van der Waals surface area contributed by atoms with Crippen LogP contribution < -0.4 is 10.2 Å². The van der Waals surface area contributed by atoms with Crippen molar-refractivity contribution >= 4 is 11.0 Å². The van der Waals surface area contributed by atoms with Gasteiger partial charge in [0, 0.05) is 17.7 Å². The average Bonchev–Trinajstić information content (AvgIpc) is 3.24. The van der Waals surface area contributed by atoms with E-state index < -0.39 is 108 Å². The van der Waals surface area contributed by atoms with Gasteiger partial charge in [-0.3, -0.25) is 4.79 Å². The maximum absolute atomic E-state index is 13.5. The summed E-state index contributed by atoms with van der Waals surface area (Å²) in [5.41, 5.74) is -1.30. The van der Waals surface area contributed by atoms with E-state index in [-0.39, 0.29) is 16.9 Å². The van der Waals surface area contributed by atoms with E-state index in [1.54, 1.807) is 0 Å². The zero-order chi connectivity index (χ0) is 31.3. The molecule has 1 aromatic heterocycles. The first-order chi connectivity index (χ1) is 20.3. The second kappa shape index (κ2) is 11.8. The molecule has 2 saturated heterocycles. The van der Waals surface area contributed by atoms with E-state index in [0.29, 0.717) is 0 Å². The molecule has 3 aromatic rings. The fourth-order valence-electron chi connectivity index (χ4n) is 4.87. The van der Waals surface area contributed by atoms with Crippen LogP contribution in [0.25, 0.3) is 22.3 Å². The molecule has 10 N–H and O–H groups in total. The van der Waals surface area contributed by atoms with Crippen molar-refractivity contribution in [1.82, 2.24) is 0 Å². The Hall–Kier alpha value is -3.71. The Kier molecular flexibility index (Phi) is 8.41. The van der Waals surface area contributed by atoms with Gasteiger partial charge in [-0.25, -0.2) is 0 Å². The van der Waals surface area contributed by atoms with E-state index in [2.05, 4.69) is 0 Å². The van der Waals surface area contributed by atoms with Gasteiger partial charge in [-0.2, -0.15) is 0 Å². The molecule has 0 aliphatic carbocycles. The Morgan fingerprint density at radius 3 is 2.21 bits per heavy atom. The van der Waals surface area contributed by atoms with Crippen molar-refractivity contribution in [2.45, 2.75) is 68.3 Å². The van der Waals surface area contributed by atoms with Gasteiger partial charge in [0.2, 0.25) is 17.5 Å². The third-order valence-corrected chi connectivity index (χ3v) is 7.26. The Morgan fingerprint density at radius 1 is 0.814 bits per heavy atom. The number of hydrogen-bond donors (Lipinski definition) is 10. The molecule has 5 rings (SSSR count). The van der Waals surface area contributed by atoms with E-state index in [0.717, 1.165) is 24.3 Å². The molecule has 234 valence electrons. The monoisotopic (exact) mass is 610 g/mol. The molecule has 0 spiro atoms. The molecule has 2 fully saturated rings. The van der Waals surface area contributed by atoms with Gasteiger partial charge in [-0.15, -0.1) is 0 Å². The molecule has 0 unspecified atom stereocenters. The van der Waals surface area contributed by atoms with Crippen molar-refractivity contribution in [1.29, 1.82) is 0 Å². The SMILES string of the molecule is C[C@H]1O[C@H](OC[C@@H](O)[C@H]2O[C@@H](Oc3c(-c4ccc(O)c(O)c4)oc4cc(O)cc(O)c4c3=O)[C@@H](O)[C@@H]2O)[C@@H](O)[C@@H](O)[C@@H]1O. The predicted octanol–water partition coefficient (Wildman–Crippen LogP) is -1.69. The van der Waals surface area contributed by atoms with Crippen molar-refractivity contribution in [2.75, 3.05) is 6.61 Å². The van der Waals surface area contributed by atoms with Crippen LogP contribution >= 0.6 is 0 Å². The van der Waals surface area contributed by atoms with Crippen molar-refractivity contribution in [3.8, 4) is 40.1 Å². The topological polar surface area (TPSA) is 269 Å². The number of rotatable bonds is 7. The molecule has 2 aliphatic heterocycles. The molecule has 0 bridgehead atoms. The lowest BCUT2D eigenvalue weighted by Crippen LogP contribution is -2.57. The number of aromatic hydroxyl groups is 4. The Labute approximate surface area is 241 Å². The maximum Gasteiger partial charge on any atom is 0.239 e. The summed E-state index contributed by atoms with van der Waals surface area (Å²) in [5, 5.41) is 101. The van der Waals surface area contributed by atoms with E-state index in [1.807, 2.05) is 0 Å². The van der Waals surface area contributed by atoms with Crippen molar-refractivity contribution in [2.24, 2.45) is 0 Å². The average molecular weight is 611 g/mol. The lowest BCUT2D eigenvalue weighted by Gasteiger charge is -2.39. The Bertz CT molecular complexity index is 1540. The van der Waals surface area contributed by atoms with Gasteiger partial charge in [-0.1, -0.05) is 0 Å². The number of benzene rings is 2. The zero-order valence-corrected chi connectivity index (χ0v) is 22.3. The summed E-state index contributed by atoms with van der Waals surface area (Å²) >= 11 is 0. The number of hydrogen-bond acceptors (Lipinski definition) is 16. The molecule has 43 heavy (non-hydrogen) atoms. The maximum atomic E-state index is 13.5. The van der Waals surface area contributed by atoms with E-state index in [1.165, 1.54) is 13.0 Å². The third-order valence-electron chi connectivity index (χ3n) is 7.26. The summed E-state index contributed by atoms with van der Waals surface area (Å²) in [7, 11) is 0.